The number of esters is 1. The summed E-state index contributed by atoms with van der Waals surface area (Å²) in [6.45, 7) is 5.39. The molecule has 0 aliphatic rings. The minimum absolute atomic E-state index is 0.157. The molecule has 1 N–H and O–H groups in total. The van der Waals surface area contributed by atoms with Crippen LogP contribution < -0.4 is 0 Å². The third-order valence-electron chi connectivity index (χ3n) is 2.12. The highest BCUT2D eigenvalue weighted by atomic mass is 19.1. The molecule has 0 aliphatic heterocycles. The molecule has 0 aliphatic carbocycles. The van der Waals surface area contributed by atoms with Crippen LogP contribution in [0.1, 0.15) is 22.8 Å². The molecule has 3 nitrogen and oxygen atoms in total. The van der Waals surface area contributed by atoms with Gasteiger partial charge in [-0.1, -0.05) is 12.2 Å². The molecule has 1 aromatic carbocycles. The van der Waals surface area contributed by atoms with Crippen LogP contribution in [0.3, 0.4) is 0 Å². The van der Waals surface area contributed by atoms with Gasteiger partial charge < -0.3 is 9.84 Å². The lowest BCUT2D eigenvalue weighted by Gasteiger charge is -2.10. The summed E-state index contributed by atoms with van der Waals surface area (Å²) < 4.78 is 17.7. The number of phenolic OH excluding ortho intramolecular Hbond substituents is 1. The zero-order valence-corrected chi connectivity index (χ0v) is 9.21. The zero-order chi connectivity index (χ0) is 12.3. The average Bonchev–Trinajstić information content (AvgIpc) is 2.23. The molecular weight excluding hydrogens is 211 g/mol. The maximum absolute atomic E-state index is 13.1. The molecule has 0 heterocycles. The minimum Gasteiger partial charge on any atom is -0.505 e. The van der Waals surface area contributed by atoms with Crippen LogP contribution in [-0.2, 0) is 11.2 Å². The van der Waals surface area contributed by atoms with Crippen molar-refractivity contribution in [3.63, 3.8) is 0 Å². The van der Waals surface area contributed by atoms with Gasteiger partial charge in [0.1, 0.15) is 0 Å². The molecular formula is C12H13FO3. The summed E-state index contributed by atoms with van der Waals surface area (Å²) in [5.74, 6) is -1.89. The molecule has 0 saturated heterocycles. The van der Waals surface area contributed by atoms with Crippen molar-refractivity contribution in [2.24, 2.45) is 0 Å². The summed E-state index contributed by atoms with van der Waals surface area (Å²) in [6, 6.07) is 2.32. The average molecular weight is 224 g/mol. The van der Waals surface area contributed by atoms with Gasteiger partial charge in [-0.2, -0.15) is 0 Å². The van der Waals surface area contributed by atoms with Crippen LogP contribution in [0.5, 0.6) is 5.75 Å². The summed E-state index contributed by atoms with van der Waals surface area (Å²) in [4.78, 5) is 11.4. The fourth-order valence-corrected chi connectivity index (χ4v) is 1.39. The quantitative estimate of drug-likeness (QED) is 0.633. The first-order valence-corrected chi connectivity index (χ1v) is 4.70. The van der Waals surface area contributed by atoms with E-state index < -0.39 is 17.5 Å². The van der Waals surface area contributed by atoms with Crippen molar-refractivity contribution in [1.82, 2.24) is 0 Å². The molecule has 16 heavy (non-hydrogen) atoms. The predicted octanol–water partition coefficient (Wildman–Crippen LogP) is 2.44. The summed E-state index contributed by atoms with van der Waals surface area (Å²) in [5.41, 5.74) is 1.08. The van der Waals surface area contributed by atoms with Gasteiger partial charge in [-0.15, -0.1) is 0 Å². The van der Waals surface area contributed by atoms with E-state index >= 15 is 0 Å². The standard InChI is InChI=1S/C12H13FO3/c1-7(2)6-9-8(12(15)16-3)4-5-10(13)11(9)14/h4-5,14H,1,6H2,2-3H3. The molecule has 0 aromatic heterocycles. The number of hydrogen-bond acceptors (Lipinski definition) is 3. The molecule has 0 fully saturated rings. The monoisotopic (exact) mass is 224 g/mol. The largest absolute Gasteiger partial charge is 0.505 e. The third kappa shape index (κ3) is 2.39. The zero-order valence-electron chi connectivity index (χ0n) is 9.21. The Hall–Kier alpha value is -1.84. The maximum atomic E-state index is 13.1. The number of hydrogen-bond donors (Lipinski definition) is 1. The molecule has 86 valence electrons. The first-order chi connectivity index (χ1) is 7.47. The summed E-state index contributed by atoms with van der Waals surface area (Å²) >= 11 is 0. The molecule has 1 aromatic rings. The van der Waals surface area contributed by atoms with Gasteiger partial charge in [-0.25, -0.2) is 9.18 Å². The summed E-state index contributed by atoms with van der Waals surface area (Å²) in [6.07, 6.45) is 0.230. The van der Waals surface area contributed by atoms with E-state index in [1.165, 1.54) is 13.2 Å². The molecule has 0 radical (unpaired) electrons. The van der Waals surface area contributed by atoms with E-state index in [2.05, 4.69) is 11.3 Å². The lowest BCUT2D eigenvalue weighted by molar-refractivity contribution is 0.0599. The van der Waals surface area contributed by atoms with E-state index in [4.69, 9.17) is 0 Å². The lowest BCUT2D eigenvalue weighted by Crippen LogP contribution is -2.07. The Labute approximate surface area is 93.2 Å². The van der Waals surface area contributed by atoms with Crippen molar-refractivity contribution in [1.29, 1.82) is 0 Å². The second-order valence-electron chi connectivity index (χ2n) is 3.55. The number of allylic oxidation sites excluding steroid dienone is 1. The van der Waals surface area contributed by atoms with Crippen LogP contribution in [0, 0.1) is 5.82 Å². The molecule has 0 unspecified atom stereocenters. The van der Waals surface area contributed by atoms with Gasteiger partial charge in [0.15, 0.2) is 11.6 Å². The second kappa shape index (κ2) is 4.79. The molecule has 0 saturated carbocycles. The van der Waals surface area contributed by atoms with Crippen molar-refractivity contribution in [2.75, 3.05) is 7.11 Å². The third-order valence-corrected chi connectivity index (χ3v) is 2.12. The number of carbonyl (C=O) groups is 1. The van der Waals surface area contributed by atoms with E-state index in [9.17, 15) is 14.3 Å². The van der Waals surface area contributed by atoms with E-state index in [1.807, 2.05) is 0 Å². The Morgan fingerprint density at radius 2 is 2.19 bits per heavy atom. The van der Waals surface area contributed by atoms with Crippen LogP contribution in [-0.4, -0.2) is 18.2 Å². The Morgan fingerprint density at radius 1 is 1.56 bits per heavy atom. The van der Waals surface area contributed by atoms with E-state index in [1.54, 1.807) is 6.92 Å². The van der Waals surface area contributed by atoms with Crippen molar-refractivity contribution in [3.8, 4) is 5.75 Å². The highest BCUT2D eigenvalue weighted by Gasteiger charge is 2.18. The number of rotatable bonds is 3. The number of ether oxygens (including phenoxy) is 1. The fraction of sp³-hybridized carbons (Fsp3) is 0.250. The first kappa shape index (κ1) is 12.2. The molecule has 0 amide bonds. The first-order valence-electron chi connectivity index (χ1n) is 4.70. The Morgan fingerprint density at radius 3 is 2.69 bits per heavy atom. The van der Waals surface area contributed by atoms with Crippen molar-refractivity contribution in [2.45, 2.75) is 13.3 Å². The number of halogens is 1. The maximum Gasteiger partial charge on any atom is 0.338 e. The highest BCUT2D eigenvalue weighted by Crippen LogP contribution is 2.27. The predicted molar refractivity (Wildman–Crippen MR) is 57.9 cm³/mol. The molecule has 4 heteroatoms. The van der Waals surface area contributed by atoms with Gasteiger partial charge in [0.05, 0.1) is 12.7 Å². The molecule has 0 bridgehead atoms. The Balaban J connectivity index is 3.32. The lowest BCUT2D eigenvalue weighted by atomic mass is 10.00. The Kier molecular flexibility index (Phi) is 3.66. The fourth-order valence-electron chi connectivity index (χ4n) is 1.39. The minimum atomic E-state index is -0.760. The topological polar surface area (TPSA) is 46.5 Å². The van der Waals surface area contributed by atoms with Gasteiger partial charge in [-0.05, 0) is 25.5 Å². The second-order valence-corrected chi connectivity index (χ2v) is 3.55. The normalized spacial score (nSPS) is 9.94. The SMILES string of the molecule is C=C(C)Cc1c(C(=O)OC)ccc(F)c1O. The van der Waals surface area contributed by atoms with Gasteiger partial charge in [-0.3, -0.25) is 0 Å². The van der Waals surface area contributed by atoms with Gasteiger partial charge in [0, 0.05) is 5.56 Å². The summed E-state index contributed by atoms with van der Waals surface area (Å²) in [5, 5.41) is 9.55. The number of methoxy groups -OCH3 is 1. The van der Waals surface area contributed by atoms with Crippen LogP contribution in [0.4, 0.5) is 4.39 Å². The number of carbonyl (C=O) groups excluding carboxylic acids is 1. The molecule has 0 spiro atoms. The van der Waals surface area contributed by atoms with E-state index in [-0.39, 0.29) is 17.5 Å². The number of phenols is 1. The summed E-state index contributed by atoms with van der Waals surface area (Å²) in [7, 11) is 1.23. The van der Waals surface area contributed by atoms with Crippen molar-refractivity contribution >= 4 is 5.97 Å². The smallest absolute Gasteiger partial charge is 0.338 e. The van der Waals surface area contributed by atoms with Crippen LogP contribution in [0.25, 0.3) is 0 Å². The van der Waals surface area contributed by atoms with Crippen LogP contribution >= 0.6 is 0 Å². The van der Waals surface area contributed by atoms with Gasteiger partial charge in [0.2, 0.25) is 0 Å². The van der Waals surface area contributed by atoms with Crippen LogP contribution in [0.2, 0.25) is 0 Å². The van der Waals surface area contributed by atoms with Crippen molar-refractivity contribution in [3.05, 3.63) is 41.2 Å². The number of benzene rings is 1. The van der Waals surface area contributed by atoms with Gasteiger partial charge in [0.25, 0.3) is 0 Å². The van der Waals surface area contributed by atoms with E-state index in [0.717, 1.165) is 6.07 Å². The Bertz CT molecular complexity index is 438. The number of aromatic hydroxyl groups is 1. The highest BCUT2D eigenvalue weighted by molar-refractivity contribution is 5.92. The molecule has 1 rings (SSSR count). The van der Waals surface area contributed by atoms with Gasteiger partial charge >= 0.3 is 5.97 Å². The van der Waals surface area contributed by atoms with Crippen LogP contribution in [0.15, 0.2) is 24.3 Å². The van der Waals surface area contributed by atoms with Crippen molar-refractivity contribution < 1.29 is 19.0 Å². The van der Waals surface area contributed by atoms with E-state index in [0.29, 0.717) is 5.57 Å². The molecule has 0 atom stereocenters.